The maximum absolute atomic E-state index is 5.77. The Morgan fingerprint density at radius 1 is 0.806 bits per heavy atom. The van der Waals surface area contributed by atoms with Crippen LogP contribution in [0.4, 0.5) is 0 Å². The number of hydrogen-bond acceptors (Lipinski definition) is 8. The predicted octanol–water partition coefficient (Wildman–Crippen LogP) is 1.48. The molecule has 2 unspecified atom stereocenters. The lowest BCUT2D eigenvalue weighted by Crippen LogP contribution is -2.69. The SMILES string of the molecule is CN1CCNC(c2ccc3c(c2)OCO3)C1(c1ccc2c(c1)OCO2)N1CCNCC1. The molecule has 4 aliphatic rings. The Labute approximate surface area is 182 Å². The minimum absolute atomic E-state index is 0.0409. The monoisotopic (exact) mass is 424 g/mol. The van der Waals surface area contributed by atoms with Crippen LogP contribution in [0.15, 0.2) is 36.4 Å². The van der Waals surface area contributed by atoms with Gasteiger partial charge in [0.05, 0.1) is 6.04 Å². The van der Waals surface area contributed by atoms with Crippen molar-refractivity contribution in [2.24, 2.45) is 0 Å². The van der Waals surface area contributed by atoms with E-state index in [9.17, 15) is 0 Å². The summed E-state index contributed by atoms with van der Waals surface area (Å²) >= 11 is 0. The molecule has 164 valence electrons. The molecule has 0 bridgehead atoms. The van der Waals surface area contributed by atoms with Crippen molar-refractivity contribution >= 4 is 0 Å². The van der Waals surface area contributed by atoms with Gasteiger partial charge in [-0.15, -0.1) is 0 Å². The molecule has 2 aromatic rings. The van der Waals surface area contributed by atoms with E-state index in [0.717, 1.165) is 62.3 Å². The molecule has 6 rings (SSSR count). The Bertz CT molecular complexity index is 980. The molecule has 4 aliphatic heterocycles. The van der Waals surface area contributed by atoms with Crippen LogP contribution in [0.3, 0.4) is 0 Å². The number of fused-ring (bicyclic) bond motifs is 2. The van der Waals surface area contributed by atoms with Gasteiger partial charge in [0.25, 0.3) is 0 Å². The van der Waals surface area contributed by atoms with E-state index >= 15 is 0 Å². The van der Waals surface area contributed by atoms with Crippen molar-refractivity contribution in [2.75, 3.05) is 59.9 Å². The first-order chi connectivity index (χ1) is 15.3. The minimum atomic E-state index is -0.380. The molecule has 0 saturated carbocycles. The number of ether oxygens (including phenoxy) is 4. The van der Waals surface area contributed by atoms with Crippen molar-refractivity contribution in [3.05, 3.63) is 47.5 Å². The standard InChI is InChI=1S/C23H28N4O4/c1-26-9-8-25-22(16-2-4-18-20(12-16)30-14-28-18)23(26,27-10-6-24-7-11-27)17-3-5-19-21(13-17)31-15-29-19/h2-5,12-13,22,24-25H,6-11,14-15H2,1H3. The van der Waals surface area contributed by atoms with Crippen LogP contribution in [-0.4, -0.2) is 69.7 Å². The quantitative estimate of drug-likeness (QED) is 0.768. The Hall–Kier alpha value is -2.52. The third-order valence-electron chi connectivity index (χ3n) is 6.91. The van der Waals surface area contributed by atoms with Gasteiger partial charge < -0.3 is 29.6 Å². The van der Waals surface area contributed by atoms with Crippen molar-refractivity contribution < 1.29 is 18.9 Å². The predicted molar refractivity (Wildman–Crippen MR) is 115 cm³/mol. The summed E-state index contributed by atoms with van der Waals surface area (Å²) in [5, 5.41) is 7.35. The molecule has 31 heavy (non-hydrogen) atoms. The van der Waals surface area contributed by atoms with E-state index in [0.29, 0.717) is 0 Å². The van der Waals surface area contributed by atoms with Crippen LogP contribution < -0.4 is 29.6 Å². The van der Waals surface area contributed by atoms with Crippen LogP contribution in [0.1, 0.15) is 17.2 Å². The first-order valence-electron chi connectivity index (χ1n) is 11.0. The summed E-state index contributed by atoms with van der Waals surface area (Å²) < 4.78 is 22.6. The first-order valence-corrected chi connectivity index (χ1v) is 11.0. The number of benzene rings is 2. The van der Waals surface area contributed by atoms with Gasteiger partial charge in [0.1, 0.15) is 5.66 Å². The third-order valence-corrected chi connectivity index (χ3v) is 6.91. The van der Waals surface area contributed by atoms with Crippen LogP contribution in [-0.2, 0) is 5.66 Å². The van der Waals surface area contributed by atoms with Crippen LogP contribution in [0.2, 0.25) is 0 Å². The van der Waals surface area contributed by atoms with Gasteiger partial charge in [0.15, 0.2) is 23.0 Å². The van der Waals surface area contributed by atoms with Crippen molar-refractivity contribution in [1.82, 2.24) is 20.4 Å². The average molecular weight is 425 g/mol. The lowest BCUT2D eigenvalue weighted by molar-refractivity contribution is -0.105. The summed E-state index contributed by atoms with van der Waals surface area (Å²) in [6.45, 7) is 6.26. The minimum Gasteiger partial charge on any atom is -0.454 e. The van der Waals surface area contributed by atoms with Gasteiger partial charge in [-0.05, 0) is 42.4 Å². The number of hydrogen-bond donors (Lipinski definition) is 2. The molecule has 2 saturated heterocycles. The van der Waals surface area contributed by atoms with Crippen molar-refractivity contribution in [2.45, 2.75) is 11.7 Å². The Kier molecular flexibility index (Phi) is 4.68. The molecule has 2 aromatic carbocycles. The van der Waals surface area contributed by atoms with E-state index in [-0.39, 0.29) is 25.3 Å². The van der Waals surface area contributed by atoms with E-state index in [2.05, 4.69) is 51.7 Å². The van der Waals surface area contributed by atoms with Crippen molar-refractivity contribution in [3.63, 3.8) is 0 Å². The number of nitrogens with one attached hydrogen (secondary N) is 2. The summed E-state index contributed by atoms with van der Waals surface area (Å²) in [6, 6.07) is 12.8. The zero-order valence-corrected chi connectivity index (χ0v) is 17.7. The summed E-state index contributed by atoms with van der Waals surface area (Å²) in [5.74, 6) is 3.25. The summed E-state index contributed by atoms with van der Waals surface area (Å²) in [7, 11) is 2.23. The van der Waals surface area contributed by atoms with Gasteiger partial charge in [-0.1, -0.05) is 12.1 Å². The van der Waals surface area contributed by atoms with Crippen LogP contribution in [0.25, 0.3) is 0 Å². The average Bonchev–Trinajstić information content (AvgIpc) is 3.48. The molecule has 0 amide bonds. The van der Waals surface area contributed by atoms with E-state index in [1.54, 1.807) is 0 Å². The molecular weight excluding hydrogens is 396 g/mol. The molecule has 2 N–H and O–H groups in total. The van der Waals surface area contributed by atoms with Crippen molar-refractivity contribution in [1.29, 1.82) is 0 Å². The topological polar surface area (TPSA) is 67.5 Å². The summed E-state index contributed by atoms with van der Waals surface area (Å²) in [4.78, 5) is 5.09. The molecular formula is C23H28N4O4. The highest BCUT2D eigenvalue weighted by molar-refractivity contribution is 5.50. The number of piperazine rings is 2. The maximum Gasteiger partial charge on any atom is 0.231 e. The first kappa shape index (κ1) is 19.2. The molecule has 0 spiro atoms. The molecule has 2 atom stereocenters. The Morgan fingerprint density at radius 3 is 2.26 bits per heavy atom. The summed E-state index contributed by atoms with van der Waals surface area (Å²) in [5.41, 5.74) is 2.01. The van der Waals surface area contributed by atoms with Gasteiger partial charge in [-0.3, -0.25) is 9.80 Å². The second-order valence-corrected chi connectivity index (χ2v) is 8.45. The highest BCUT2D eigenvalue weighted by atomic mass is 16.7. The molecule has 0 aromatic heterocycles. The van der Waals surface area contributed by atoms with Gasteiger partial charge >= 0.3 is 0 Å². The van der Waals surface area contributed by atoms with Crippen LogP contribution >= 0.6 is 0 Å². The lowest BCUT2D eigenvalue weighted by atomic mass is 9.81. The Morgan fingerprint density at radius 2 is 1.48 bits per heavy atom. The molecule has 8 heteroatoms. The fourth-order valence-electron chi connectivity index (χ4n) is 5.48. The van der Waals surface area contributed by atoms with Gasteiger partial charge in [0.2, 0.25) is 13.6 Å². The number of likely N-dealkylation sites (N-methyl/N-ethyl adjacent to an activating group) is 1. The second kappa shape index (κ2) is 7.56. The largest absolute Gasteiger partial charge is 0.454 e. The van der Waals surface area contributed by atoms with E-state index in [4.69, 9.17) is 18.9 Å². The fourth-order valence-corrected chi connectivity index (χ4v) is 5.48. The molecule has 0 aliphatic carbocycles. The highest BCUT2D eigenvalue weighted by Gasteiger charge is 2.52. The normalized spacial score (nSPS) is 28.1. The maximum atomic E-state index is 5.77. The molecule has 4 heterocycles. The zero-order chi connectivity index (χ0) is 20.8. The molecule has 8 nitrogen and oxygen atoms in total. The summed E-state index contributed by atoms with van der Waals surface area (Å²) in [6.07, 6.45) is 0. The third kappa shape index (κ3) is 2.97. The lowest BCUT2D eigenvalue weighted by Gasteiger charge is -2.58. The molecule has 2 fully saturated rings. The smallest absolute Gasteiger partial charge is 0.231 e. The van der Waals surface area contributed by atoms with Crippen LogP contribution in [0, 0.1) is 0 Å². The van der Waals surface area contributed by atoms with Gasteiger partial charge in [0, 0.05) is 39.3 Å². The zero-order valence-electron chi connectivity index (χ0n) is 17.7. The number of nitrogens with zero attached hydrogens (tertiary/aromatic N) is 2. The second-order valence-electron chi connectivity index (χ2n) is 8.45. The van der Waals surface area contributed by atoms with Gasteiger partial charge in [-0.25, -0.2) is 0 Å². The number of rotatable bonds is 3. The Balaban J connectivity index is 1.52. The van der Waals surface area contributed by atoms with Gasteiger partial charge in [-0.2, -0.15) is 0 Å². The van der Waals surface area contributed by atoms with E-state index < -0.39 is 0 Å². The fraction of sp³-hybridized carbons (Fsp3) is 0.478. The van der Waals surface area contributed by atoms with E-state index in [1.807, 2.05) is 12.1 Å². The van der Waals surface area contributed by atoms with E-state index in [1.165, 1.54) is 11.1 Å². The molecule has 0 radical (unpaired) electrons. The van der Waals surface area contributed by atoms with Crippen LogP contribution in [0.5, 0.6) is 23.0 Å². The highest BCUT2D eigenvalue weighted by Crippen LogP contribution is 2.48. The van der Waals surface area contributed by atoms with Crippen molar-refractivity contribution in [3.8, 4) is 23.0 Å².